The highest BCUT2D eigenvalue weighted by Crippen LogP contribution is 2.46. The average molecular weight is 487 g/mol. The van der Waals surface area contributed by atoms with E-state index in [4.69, 9.17) is 0 Å². The zero-order valence-corrected chi connectivity index (χ0v) is 21.5. The monoisotopic (exact) mass is 486 g/mol. The molecule has 8 heteroatoms. The van der Waals surface area contributed by atoms with E-state index in [-0.39, 0.29) is 40.6 Å². The molecule has 2 fully saturated rings. The number of carbonyl (C=O) groups is 3. The Balaban J connectivity index is 1.55. The number of amides is 3. The molecule has 4 rings (SSSR count). The van der Waals surface area contributed by atoms with Gasteiger partial charge in [-0.25, -0.2) is 0 Å². The minimum atomic E-state index is -0.605. The van der Waals surface area contributed by atoms with Crippen LogP contribution in [0.1, 0.15) is 70.0 Å². The highest BCUT2D eigenvalue weighted by Gasteiger charge is 2.54. The summed E-state index contributed by atoms with van der Waals surface area (Å²) in [7, 11) is 1.75. The molecule has 2 heterocycles. The summed E-state index contributed by atoms with van der Waals surface area (Å²) in [6, 6.07) is 6.79. The molecule has 3 unspecified atom stereocenters. The summed E-state index contributed by atoms with van der Waals surface area (Å²) in [5.74, 6) is 0.389. The van der Waals surface area contributed by atoms with Gasteiger partial charge in [-0.3, -0.25) is 14.4 Å². The summed E-state index contributed by atoms with van der Waals surface area (Å²) in [6.45, 7) is 6.10. The third-order valence-corrected chi connectivity index (χ3v) is 8.87. The van der Waals surface area contributed by atoms with Crippen molar-refractivity contribution in [3.8, 4) is 0 Å². The lowest BCUT2D eigenvalue weighted by molar-refractivity contribution is -0.144. The Kier molecular flexibility index (Phi) is 7.57. The fourth-order valence-electron chi connectivity index (χ4n) is 5.80. The van der Waals surface area contributed by atoms with Crippen LogP contribution in [0, 0.1) is 5.41 Å². The van der Waals surface area contributed by atoms with E-state index in [2.05, 4.69) is 41.9 Å². The molecule has 34 heavy (non-hydrogen) atoms. The van der Waals surface area contributed by atoms with E-state index in [1.165, 1.54) is 11.1 Å². The lowest BCUT2D eigenvalue weighted by atomic mass is 9.83. The smallest absolute Gasteiger partial charge is 0.246 e. The fraction of sp³-hybridized carbons (Fsp3) is 0.654. The maximum absolute atomic E-state index is 13.8. The fourth-order valence-corrected chi connectivity index (χ4v) is 7.38. The van der Waals surface area contributed by atoms with Gasteiger partial charge in [-0.05, 0) is 67.9 Å². The highest BCUT2D eigenvalue weighted by molar-refractivity contribution is 7.99. The molecular weight excluding hydrogens is 448 g/mol. The van der Waals surface area contributed by atoms with Crippen molar-refractivity contribution in [1.29, 1.82) is 0 Å². The first-order valence-electron chi connectivity index (χ1n) is 12.6. The van der Waals surface area contributed by atoms with Gasteiger partial charge in [0.25, 0.3) is 0 Å². The number of nitrogens with one attached hydrogen (secondary N) is 3. The summed E-state index contributed by atoms with van der Waals surface area (Å²) in [5, 5.41) is 9.22. The van der Waals surface area contributed by atoms with Gasteiger partial charge in [-0.15, -0.1) is 11.8 Å². The zero-order chi connectivity index (χ0) is 24.5. The lowest BCUT2D eigenvalue weighted by Gasteiger charge is -2.36. The standard InChI is InChI=1S/C26H38N4O3S/c1-5-18(27-4)23(31)29-20-13-14-34-21-15-26(2,3)22(30(21)25(20)33)24(32)28-19-12-8-10-16-9-6-7-11-17(16)19/h6-7,9,11,18-22,27H,5,8,10,12-15H2,1-4H3,(H,28,32)(H,29,31)/t18-,19?,20-,21?,22?/m0/s1. The molecule has 5 atom stereocenters. The molecule has 2 aliphatic heterocycles. The number of fused-ring (bicyclic) bond motifs is 2. The number of nitrogens with zero attached hydrogens (tertiary/aromatic N) is 1. The third-order valence-electron chi connectivity index (χ3n) is 7.62. The van der Waals surface area contributed by atoms with Gasteiger partial charge in [0.2, 0.25) is 17.7 Å². The number of aryl methyl sites for hydroxylation is 1. The molecule has 3 amide bonds. The van der Waals surface area contributed by atoms with Crippen LogP contribution in [0.25, 0.3) is 0 Å². The van der Waals surface area contributed by atoms with E-state index in [1.54, 1.807) is 23.7 Å². The number of benzene rings is 1. The van der Waals surface area contributed by atoms with E-state index >= 15 is 0 Å². The number of rotatable bonds is 6. The quantitative estimate of drug-likeness (QED) is 0.575. The third kappa shape index (κ3) is 4.85. The largest absolute Gasteiger partial charge is 0.347 e. The second kappa shape index (κ2) is 10.3. The first-order valence-corrected chi connectivity index (χ1v) is 13.6. The van der Waals surface area contributed by atoms with Crippen molar-refractivity contribution >= 4 is 29.5 Å². The number of likely N-dealkylation sites (N-methyl/N-ethyl adjacent to an activating group) is 1. The average Bonchev–Trinajstić information content (AvgIpc) is 3.00. The van der Waals surface area contributed by atoms with Crippen LogP contribution in [0.2, 0.25) is 0 Å². The van der Waals surface area contributed by atoms with E-state index in [0.717, 1.165) is 31.4 Å². The molecule has 186 valence electrons. The molecule has 3 N–H and O–H groups in total. The van der Waals surface area contributed by atoms with Crippen LogP contribution in [0.4, 0.5) is 0 Å². The summed E-state index contributed by atoms with van der Waals surface area (Å²) in [6.07, 6.45) is 4.96. The van der Waals surface area contributed by atoms with Gasteiger partial charge in [-0.2, -0.15) is 0 Å². The van der Waals surface area contributed by atoms with Gasteiger partial charge in [0.1, 0.15) is 12.1 Å². The van der Waals surface area contributed by atoms with Crippen LogP contribution in [-0.4, -0.2) is 58.9 Å². The molecule has 1 aromatic carbocycles. The molecule has 1 aromatic rings. The Morgan fingerprint density at radius 3 is 2.68 bits per heavy atom. The van der Waals surface area contributed by atoms with Crippen LogP contribution in [-0.2, 0) is 20.8 Å². The Hall–Kier alpha value is -2.06. The summed E-state index contributed by atoms with van der Waals surface area (Å²) in [4.78, 5) is 42.0. The number of thioether (sulfide) groups is 1. The lowest BCUT2D eigenvalue weighted by Crippen LogP contribution is -2.58. The van der Waals surface area contributed by atoms with Crippen molar-refractivity contribution < 1.29 is 14.4 Å². The van der Waals surface area contributed by atoms with Crippen molar-refractivity contribution in [2.45, 2.75) is 88.8 Å². The van der Waals surface area contributed by atoms with Crippen LogP contribution in [0.15, 0.2) is 24.3 Å². The second-order valence-electron chi connectivity index (χ2n) is 10.4. The van der Waals surface area contributed by atoms with Crippen LogP contribution < -0.4 is 16.0 Å². The first kappa shape index (κ1) is 25.0. The van der Waals surface area contributed by atoms with E-state index < -0.39 is 12.1 Å². The predicted molar refractivity (Wildman–Crippen MR) is 135 cm³/mol. The van der Waals surface area contributed by atoms with Gasteiger partial charge in [-0.1, -0.05) is 45.0 Å². The molecule has 0 radical (unpaired) electrons. The van der Waals surface area contributed by atoms with Crippen molar-refractivity contribution in [3.63, 3.8) is 0 Å². The second-order valence-corrected chi connectivity index (χ2v) is 11.7. The van der Waals surface area contributed by atoms with Crippen LogP contribution in [0.5, 0.6) is 0 Å². The minimum absolute atomic E-state index is 0.0292. The topological polar surface area (TPSA) is 90.5 Å². The van der Waals surface area contributed by atoms with E-state index in [1.807, 2.05) is 19.1 Å². The van der Waals surface area contributed by atoms with Crippen molar-refractivity contribution in [2.24, 2.45) is 5.41 Å². The zero-order valence-electron chi connectivity index (χ0n) is 20.7. The molecule has 0 bridgehead atoms. The number of carbonyl (C=O) groups excluding carboxylic acids is 3. The van der Waals surface area contributed by atoms with Crippen molar-refractivity contribution in [1.82, 2.24) is 20.9 Å². The highest BCUT2D eigenvalue weighted by atomic mass is 32.2. The molecule has 0 saturated carbocycles. The SMILES string of the molecule is CC[C@H](NC)C(=O)N[C@H]1CCSC2CC(C)(C)C(C(=O)NC3CCCc4ccccc43)N2C1=O. The summed E-state index contributed by atoms with van der Waals surface area (Å²) >= 11 is 1.73. The molecule has 3 aliphatic rings. The normalized spacial score (nSPS) is 28.9. The summed E-state index contributed by atoms with van der Waals surface area (Å²) in [5.41, 5.74) is 2.13. The van der Waals surface area contributed by atoms with Gasteiger partial charge >= 0.3 is 0 Å². The molecule has 7 nitrogen and oxygen atoms in total. The molecule has 1 aliphatic carbocycles. The van der Waals surface area contributed by atoms with Crippen molar-refractivity contribution in [3.05, 3.63) is 35.4 Å². The predicted octanol–water partition coefficient (Wildman–Crippen LogP) is 2.75. The number of hydrogen-bond donors (Lipinski definition) is 3. The van der Waals surface area contributed by atoms with E-state index in [0.29, 0.717) is 12.8 Å². The molecular formula is C26H38N4O3S. The maximum atomic E-state index is 13.8. The Morgan fingerprint density at radius 2 is 1.94 bits per heavy atom. The molecule has 2 saturated heterocycles. The van der Waals surface area contributed by atoms with Gasteiger partial charge in [0.15, 0.2) is 0 Å². The molecule has 0 aromatic heterocycles. The van der Waals surface area contributed by atoms with Gasteiger partial charge in [0, 0.05) is 0 Å². The summed E-state index contributed by atoms with van der Waals surface area (Å²) < 4.78 is 0. The van der Waals surface area contributed by atoms with Crippen LogP contribution in [0.3, 0.4) is 0 Å². The molecule has 0 spiro atoms. The van der Waals surface area contributed by atoms with Gasteiger partial charge < -0.3 is 20.9 Å². The first-order chi connectivity index (χ1) is 16.3. The Bertz CT molecular complexity index is 932. The van der Waals surface area contributed by atoms with Crippen LogP contribution >= 0.6 is 11.8 Å². The van der Waals surface area contributed by atoms with Gasteiger partial charge in [0.05, 0.1) is 17.5 Å². The van der Waals surface area contributed by atoms with E-state index in [9.17, 15) is 14.4 Å². The van der Waals surface area contributed by atoms with Crippen molar-refractivity contribution in [2.75, 3.05) is 12.8 Å². The minimum Gasteiger partial charge on any atom is -0.347 e. The maximum Gasteiger partial charge on any atom is 0.246 e. The Morgan fingerprint density at radius 1 is 1.18 bits per heavy atom. The number of hydrogen-bond acceptors (Lipinski definition) is 5. The Labute approximate surface area is 207 Å².